The molecule has 0 aliphatic carbocycles. The van der Waals surface area contributed by atoms with Gasteiger partial charge in [-0.2, -0.15) is 5.26 Å². The Bertz CT molecular complexity index is 896. The van der Waals surface area contributed by atoms with Gasteiger partial charge in [0, 0.05) is 18.8 Å². The van der Waals surface area contributed by atoms with Crippen LogP contribution in [0.15, 0.2) is 36.3 Å². The van der Waals surface area contributed by atoms with E-state index in [1.165, 1.54) is 0 Å². The van der Waals surface area contributed by atoms with Crippen molar-refractivity contribution < 1.29 is 0 Å². The lowest BCUT2D eigenvalue weighted by atomic mass is 10.1. The summed E-state index contributed by atoms with van der Waals surface area (Å²) in [6.07, 6.45) is 3.91. The van der Waals surface area contributed by atoms with E-state index in [1.54, 1.807) is 6.20 Å². The number of rotatable bonds is 6. The Labute approximate surface area is 160 Å². The average molecular weight is 362 g/mol. The van der Waals surface area contributed by atoms with Gasteiger partial charge in [-0.1, -0.05) is 25.5 Å². The van der Waals surface area contributed by atoms with Gasteiger partial charge in [-0.3, -0.25) is 0 Å². The van der Waals surface area contributed by atoms with Crippen LogP contribution in [0.1, 0.15) is 44.9 Å². The number of anilines is 3. The van der Waals surface area contributed by atoms with E-state index in [1.807, 2.05) is 25.1 Å². The van der Waals surface area contributed by atoms with Crippen molar-refractivity contribution in [2.24, 2.45) is 0 Å². The molecule has 1 atom stereocenters. The number of para-hydroxylation sites is 2. The number of benzene rings is 1. The minimum Gasteiger partial charge on any atom is -0.352 e. The smallest absolute Gasteiger partial charge is 0.223 e. The minimum absolute atomic E-state index is 0.282. The number of aromatic nitrogens is 2. The second-order valence-electron chi connectivity index (χ2n) is 6.78. The van der Waals surface area contributed by atoms with Crippen molar-refractivity contribution in [1.82, 2.24) is 9.97 Å². The zero-order valence-electron chi connectivity index (χ0n) is 16.4. The first-order valence-corrected chi connectivity index (χ1v) is 9.47. The first-order valence-electron chi connectivity index (χ1n) is 9.47. The molecule has 2 N–H and O–H groups in total. The van der Waals surface area contributed by atoms with Gasteiger partial charge >= 0.3 is 0 Å². The molecule has 0 spiro atoms. The molecule has 1 aromatic heterocycles. The lowest BCUT2D eigenvalue weighted by Crippen LogP contribution is -2.22. The summed E-state index contributed by atoms with van der Waals surface area (Å²) in [5.41, 5.74) is 4.14. The molecule has 0 saturated heterocycles. The van der Waals surface area contributed by atoms with Crippen molar-refractivity contribution in [1.29, 1.82) is 5.26 Å². The van der Waals surface area contributed by atoms with E-state index >= 15 is 0 Å². The number of nitrogens with one attached hydrogen (secondary N) is 2. The average Bonchev–Trinajstić information content (AvgIpc) is 3.03. The number of aryl methyl sites for hydroxylation is 1. The molecule has 0 radical (unpaired) electrons. The van der Waals surface area contributed by atoms with E-state index < -0.39 is 0 Å². The van der Waals surface area contributed by atoms with E-state index in [0.717, 1.165) is 42.1 Å². The van der Waals surface area contributed by atoms with E-state index in [4.69, 9.17) is 0 Å². The van der Waals surface area contributed by atoms with Crippen molar-refractivity contribution in [2.75, 3.05) is 22.1 Å². The Balaban J connectivity index is 2.03. The van der Waals surface area contributed by atoms with Crippen LogP contribution in [0.4, 0.5) is 17.3 Å². The largest absolute Gasteiger partial charge is 0.352 e. The molecule has 3 rings (SSSR count). The van der Waals surface area contributed by atoms with Crippen molar-refractivity contribution in [3.05, 3.63) is 47.5 Å². The summed E-state index contributed by atoms with van der Waals surface area (Å²) in [6.45, 7) is 9.04. The maximum atomic E-state index is 9.96. The van der Waals surface area contributed by atoms with Crippen molar-refractivity contribution in [3.8, 4) is 6.07 Å². The Kier molecular flexibility index (Phi) is 5.60. The lowest BCUT2D eigenvalue weighted by molar-refractivity contribution is 0.683. The third-order valence-corrected chi connectivity index (χ3v) is 4.69. The van der Waals surface area contributed by atoms with Crippen LogP contribution in [0.5, 0.6) is 0 Å². The van der Waals surface area contributed by atoms with E-state index in [9.17, 15) is 5.26 Å². The highest BCUT2D eigenvalue weighted by Gasteiger charge is 2.27. The van der Waals surface area contributed by atoms with Crippen LogP contribution in [0, 0.1) is 18.3 Å². The van der Waals surface area contributed by atoms with Gasteiger partial charge in [0.25, 0.3) is 0 Å². The number of nitrogens with zero attached hydrogens (tertiary/aromatic N) is 4. The molecule has 2 aromatic rings. The van der Waals surface area contributed by atoms with Crippen LogP contribution in [-0.4, -0.2) is 22.6 Å². The van der Waals surface area contributed by atoms with Crippen LogP contribution in [-0.2, 0) is 0 Å². The van der Waals surface area contributed by atoms with E-state index in [-0.39, 0.29) is 6.04 Å². The Hall–Kier alpha value is -3.07. The van der Waals surface area contributed by atoms with Gasteiger partial charge in [0.1, 0.15) is 17.5 Å². The molecule has 0 fully saturated rings. The number of hydrogen-bond donors (Lipinski definition) is 2. The molecule has 6 heteroatoms. The maximum Gasteiger partial charge on any atom is 0.223 e. The summed E-state index contributed by atoms with van der Waals surface area (Å²) in [4.78, 5) is 11.2. The standard InChI is InChI=1S/C21H26N6/c1-5-9-15(4)24-21-23-13-14(3)19(26-21)16(12-22)20-25-17-10-7-8-11-18(17)27(20)6-2/h7-8,10-11,13,15,25H,5-6,9H2,1-4H3,(H,23,24,26)/b20-16+. The number of nitriles is 1. The molecule has 140 valence electrons. The van der Waals surface area contributed by atoms with Crippen LogP contribution in [0.25, 0.3) is 5.57 Å². The molecule has 0 bridgehead atoms. The van der Waals surface area contributed by atoms with Crippen LogP contribution in [0.2, 0.25) is 0 Å². The Morgan fingerprint density at radius 2 is 2.11 bits per heavy atom. The fourth-order valence-corrected chi connectivity index (χ4v) is 3.36. The first kappa shape index (κ1) is 18.7. The lowest BCUT2D eigenvalue weighted by Gasteiger charge is -2.20. The molecule has 2 heterocycles. The third kappa shape index (κ3) is 3.72. The SMILES string of the molecule is CCCC(C)Nc1ncc(C)c(/C(C#N)=C2\Nc3ccccc3N2CC)n1. The maximum absolute atomic E-state index is 9.96. The summed E-state index contributed by atoms with van der Waals surface area (Å²) in [7, 11) is 0. The molecule has 1 aliphatic heterocycles. The monoisotopic (exact) mass is 362 g/mol. The molecule has 27 heavy (non-hydrogen) atoms. The van der Waals surface area contributed by atoms with Gasteiger partial charge in [0.2, 0.25) is 5.95 Å². The van der Waals surface area contributed by atoms with Gasteiger partial charge in [-0.15, -0.1) is 0 Å². The molecule has 0 amide bonds. The summed E-state index contributed by atoms with van der Waals surface area (Å²) >= 11 is 0. The molecular weight excluding hydrogens is 336 g/mol. The summed E-state index contributed by atoms with van der Waals surface area (Å²) in [5, 5.41) is 16.7. The van der Waals surface area contributed by atoms with Gasteiger partial charge in [-0.05, 0) is 44.9 Å². The Morgan fingerprint density at radius 3 is 2.81 bits per heavy atom. The quantitative estimate of drug-likeness (QED) is 0.735. The molecule has 1 unspecified atom stereocenters. The second kappa shape index (κ2) is 8.09. The molecule has 6 nitrogen and oxygen atoms in total. The van der Waals surface area contributed by atoms with Crippen LogP contribution < -0.4 is 15.5 Å². The number of hydrogen-bond acceptors (Lipinski definition) is 6. The highest BCUT2D eigenvalue weighted by Crippen LogP contribution is 2.38. The minimum atomic E-state index is 0.282. The predicted molar refractivity (Wildman–Crippen MR) is 110 cm³/mol. The molecule has 1 aromatic carbocycles. The fraction of sp³-hybridized carbons (Fsp3) is 0.381. The number of allylic oxidation sites excluding steroid dienone is 1. The van der Waals surface area contributed by atoms with Crippen molar-refractivity contribution >= 4 is 22.9 Å². The summed E-state index contributed by atoms with van der Waals surface area (Å²) in [6, 6.07) is 10.7. The fourth-order valence-electron chi connectivity index (χ4n) is 3.36. The molecule has 0 saturated carbocycles. The summed E-state index contributed by atoms with van der Waals surface area (Å²) < 4.78 is 0. The summed E-state index contributed by atoms with van der Waals surface area (Å²) in [5.74, 6) is 1.33. The molecular formula is C21H26N6. The molecule has 1 aliphatic rings. The highest BCUT2D eigenvalue weighted by molar-refractivity contribution is 5.91. The number of fused-ring (bicyclic) bond motifs is 1. The van der Waals surface area contributed by atoms with Crippen molar-refractivity contribution in [3.63, 3.8) is 0 Å². The zero-order valence-corrected chi connectivity index (χ0v) is 16.4. The van der Waals surface area contributed by atoms with Crippen LogP contribution in [0.3, 0.4) is 0 Å². The normalized spacial score (nSPS) is 15.6. The third-order valence-electron chi connectivity index (χ3n) is 4.69. The van der Waals surface area contributed by atoms with Gasteiger partial charge in [0.15, 0.2) is 0 Å². The van der Waals surface area contributed by atoms with E-state index in [0.29, 0.717) is 17.2 Å². The second-order valence-corrected chi connectivity index (χ2v) is 6.78. The van der Waals surface area contributed by atoms with Crippen molar-refractivity contribution in [2.45, 2.75) is 46.6 Å². The zero-order chi connectivity index (χ0) is 19.4. The van der Waals surface area contributed by atoms with E-state index in [2.05, 4.69) is 58.4 Å². The predicted octanol–water partition coefficient (Wildman–Crippen LogP) is 4.53. The van der Waals surface area contributed by atoms with Crippen LogP contribution >= 0.6 is 0 Å². The highest BCUT2D eigenvalue weighted by atomic mass is 15.3. The first-order chi connectivity index (χ1) is 13.1. The Morgan fingerprint density at radius 1 is 1.33 bits per heavy atom. The van der Waals surface area contributed by atoms with Gasteiger partial charge in [-0.25, -0.2) is 9.97 Å². The van der Waals surface area contributed by atoms with Gasteiger partial charge in [0.05, 0.1) is 17.1 Å². The van der Waals surface area contributed by atoms with Gasteiger partial charge < -0.3 is 15.5 Å². The topological polar surface area (TPSA) is 76.9 Å².